The van der Waals surface area contributed by atoms with E-state index in [4.69, 9.17) is 10.00 Å². The number of halogens is 2. The Morgan fingerprint density at radius 1 is 1.19 bits per heavy atom. The van der Waals surface area contributed by atoms with Crippen molar-refractivity contribution in [3.8, 4) is 11.8 Å². The molecule has 0 aliphatic rings. The first-order chi connectivity index (χ1) is 12.8. The van der Waals surface area contributed by atoms with E-state index in [1.807, 2.05) is 6.07 Å². The van der Waals surface area contributed by atoms with Crippen molar-refractivity contribution in [2.24, 2.45) is 0 Å². The molecule has 1 amide bonds. The van der Waals surface area contributed by atoms with Gasteiger partial charge in [0.1, 0.15) is 5.75 Å². The third-order valence-corrected chi connectivity index (χ3v) is 4.87. The quantitative estimate of drug-likeness (QED) is 0.690. The minimum Gasteiger partial charge on any atom is -0.493 e. The van der Waals surface area contributed by atoms with Gasteiger partial charge < -0.3 is 10.1 Å². The van der Waals surface area contributed by atoms with E-state index in [1.165, 1.54) is 0 Å². The first-order valence-electron chi connectivity index (χ1n) is 7.88. The molecular weight excluding hydrogens is 378 g/mol. The zero-order valence-electron chi connectivity index (χ0n) is 14.1. The lowest BCUT2D eigenvalue weighted by atomic mass is 10.2. The minimum absolute atomic E-state index is 0.114. The summed E-state index contributed by atoms with van der Waals surface area (Å²) >= 11 is 0. The summed E-state index contributed by atoms with van der Waals surface area (Å²) in [7, 11) is -4.70. The number of ether oxygens (including phenoxy) is 1. The number of nitrogens with one attached hydrogen (secondary N) is 1. The molecule has 9 heteroatoms. The predicted octanol–water partition coefficient (Wildman–Crippen LogP) is 3.62. The normalized spacial score (nSPS) is 11.0. The molecule has 0 saturated heterocycles. The van der Waals surface area contributed by atoms with Crippen molar-refractivity contribution in [3.05, 3.63) is 54.1 Å². The van der Waals surface area contributed by atoms with E-state index >= 15 is 0 Å². The van der Waals surface area contributed by atoms with Crippen LogP contribution >= 0.6 is 0 Å². The molecule has 0 aliphatic carbocycles. The largest absolute Gasteiger partial charge is 0.493 e. The van der Waals surface area contributed by atoms with Crippen molar-refractivity contribution in [1.29, 1.82) is 5.26 Å². The van der Waals surface area contributed by atoms with E-state index < -0.39 is 26.4 Å². The summed E-state index contributed by atoms with van der Waals surface area (Å²) in [4.78, 5) is 11.7. The highest BCUT2D eigenvalue weighted by atomic mass is 32.2. The summed E-state index contributed by atoms with van der Waals surface area (Å²) in [6.07, 6.45) is 0.967. The molecule has 0 saturated carbocycles. The van der Waals surface area contributed by atoms with Crippen molar-refractivity contribution in [2.75, 3.05) is 11.9 Å². The maximum Gasteiger partial charge on any atom is 0.341 e. The lowest BCUT2D eigenvalue weighted by Gasteiger charge is -2.09. The molecule has 2 aromatic carbocycles. The van der Waals surface area contributed by atoms with Crippen molar-refractivity contribution in [1.82, 2.24) is 0 Å². The number of hydrogen-bond donors (Lipinski definition) is 1. The third-order valence-electron chi connectivity index (χ3n) is 3.47. The summed E-state index contributed by atoms with van der Waals surface area (Å²) in [6.45, 7) is 0.366. The fourth-order valence-electron chi connectivity index (χ4n) is 2.11. The summed E-state index contributed by atoms with van der Waals surface area (Å²) in [5.74, 6) is -3.53. The van der Waals surface area contributed by atoms with E-state index in [0.717, 1.165) is 24.3 Å². The SMILES string of the molecule is N#CCCCOc1cccc(NC(=O)c2ccc(S(=O)(=O)C(F)F)cc2)c1. The third kappa shape index (κ3) is 5.49. The van der Waals surface area contributed by atoms with Crippen molar-refractivity contribution in [2.45, 2.75) is 23.5 Å². The van der Waals surface area contributed by atoms with Crippen LogP contribution in [-0.4, -0.2) is 26.7 Å². The van der Waals surface area contributed by atoms with Crippen LogP contribution in [0.3, 0.4) is 0 Å². The molecule has 142 valence electrons. The van der Waals surface area contributed by atoms with E-state index in [0.29, 0.717) is 30.9 Å². The molecule has 0 heterocycles. The Bertz CT molecular complexity index is 939. The van der Waals surface area contributed by atoms with Gasteiger partial charge in [-0.05, 0) is 42.8 Å². The molecule has 2 aromatic rings. The Hall–Kier alpha value is -2.99. The van der Waals surface area contributed by atoms with Gasteiger partial charge in [0.25, 0.3) is 5.91 Å². The van der Waals surface area contributed by atoms with Crippen LogP contribution in [0.4, 0.5) is 14.5 Å². The number of hydrogen-bond acceptors (Lipinski definition) is 5. The standard InChI is InChI=1S/C18H16F2N2O4S/c19-18(20)27(24,25)16-8-6-13(7-9-16)17(23)22-14-4-3-5-15(12-14)26-11-2-1-10-21/h3-9,12,18H,1-2,11H2,(H,22,23). The Balaban J connectivity index is 2.04. The maximum atomic E-state index is 12.5. The zero-order valence-corrected chi connectivity index (χ0v) is 14.9. The number of unbranched alkanes of at least 4 members (excludes halogenated alkanes) is 1. The van der Waals surface area contributed by atoms with Gasteiger partial charge in [0.2, 0.25) is 9.84 Å². The lowest BCUT2D eigenvalue weighted by Crippen LogP contribution is -2.14. The molecule has 0 atom stereocenters. The number of nitrogens with zero attached hydrogens (tertiary/aromatic N) is 1. The molecule has 1 N–H and O–H groups in total. The molecule has 0 unspecified atom stereocenters. The Morgan fingerprint density at radius 2 is 1.89 bits per heavy atom. The summed E-state index contributed by atoms with van der Waals surface area (Å²) < 4.78 is 53.3. The molecule has 0 spiro atoms. The van der Waals surface area contributed by atoms with Crippen LogP contribution in [0.1, 0.15) is 23.2 Å². The van der Waals surface area contributed by atoms with Crippen molar-refractivity contribution < 1.29 is 26.7 Å². The molecule has 0 bridgehead atoms. The first-order valence-corrected chi connectivity index (χ1v) is 9.42. The molecule has 6 nitrogen and oxygen atoms in total. The molecule has 0 fully saturated rings. The molecule has 2 rings (SSSR count). The van der Waals surface area contributed by atoms with Crippen LogP contribution in [0.25, 0.3) is 0 Å². The van der Waals surface area contributed by atoms with Crippen LogP contribution < -0.4 is 10.1 Å². The number of amides is 1. The van der Waals surface area contributed by atoms with Crippen LogP contribution in [0, 0.1) is 11.3 Å². The second-order valence-electron chi connectivity index (χ2n) is 5.42. The fourth-order valence-corrected chi connectivity index (χ4v) is 2.83. The number of alkyl halides is 2. The van der Waals surface area contributed by atoms with E-state index in [1.54, 1.807) is 24.3 Å². The molecule has 0 aliphatic heterocycles. The van der Waals surface area contributed by atoms with Gasteiger partial charge in [-0.2, -0.15) is 14.0 Å². The van der Waals surface area contributed by atoms with E-state index in [9.17, 15) is 22.0 Å². The molecule has 27 heavy (non-hydrogen) atoms. The second kappa shape index (κ2) is 9.09. The summed E-state index contributed by atoms with van der Waals surface area (Å²) in [5.41, 5.74) is 0.561. The summed E-state index contributed by atoms with van der Waals surface area (Å²) in [5, 5.41) is 11.1. The Morgan fingerprint density at radius 3 is 2.52 bits per heavy atom. The van der Waals surface area contributed by atoms with Crippen molar-refractivity contribution >= 4 is 21.4 Å². The average Bonchev–Trinajstić information content (AvgIpc) is 2.65. The molecule has 0 aromatic heterocycles. The topological polar surface area (TPSA) is 96.3 Å². The Kier molecular flexibility index (Phi) is 6.85. The van der Waals surface area contributed by atoms with Gasteiger partial charge in [0, 0.05) is 23.7 Å². The zero-order chi connectivity index (χ0) is 19.9. The van der Waals surface area contributed by atoms with Crippen molar-refractivity contribution in [3.63, 3.8) is 0 Å². The number of benzene rings is 2. The molecular formula is C18H16F2N2O4S. The van der Waals surface area contributed by atoms with Crippen LogP contribution in [0.2, 0.25) is 0 Å². The highest BCUT2D eigenvalue weighted by Crippen LogP contribution is 2.21. The van der Waals surface area contributed by atoms with Gasteiger partial charge in [-0.25, -0.2) is 8.42 Å². The molecule has 0 radical (unpaired) electrons. The number of sulfone groups is 1. The average molecular weight is 394 g/mol. The Labute approximate surface area is 155 Å². The van der Waals surface area contributed by atoms with Crippen LogP contribution in [-0.2, 0) is 9.84 Å². The fraction of sp³-hybridized carbons (Fsp3) is 0.222. The predicted molar refractivity (Wildman–Crippen MR) is 94.4 cm³/mol. The van der Waals surface area contributed by atoms with E-state index in [-0.39, 0.29) is 5.56 Å². The van der Waals surface area contributed by atoms with Gasteiger partial charge in [-0.15, -0.1) is 0 Å². The van der Waals surface area contributed by atoms with Gasteiger partial charge >= 0.3 is 5.76 Å². The van der Waals surface area contributed by atoms with Gasteiger partial charge in [-0.1, -0.05) is 6.07 Å². The number of carbonyl (C=O) groups excluding carboxylic acids is 1. The van der Waals surface area contributed by atoms with Crippen LogP contribution in [0.15, 0.2) is 53.4 Å². The highest BCUT2D eigenvalue weighted by Gasteiger charge is 2.26. The second-order valence-corrected chi connectivity index (χ2v) is 7.34. The van der Waals surface area contributed by atoms with E-state index in [2.05, 4.69) is 5.32 Å². The lowest BCUT2D eigenvalue weighted by molar-refractivity contribution is 0.102. The first kappa shape index (κ1) is 20.3. The number of carbonyl (C=O) groups is 1. The monoisotopic (exact) mass is 394 g/mol. The highest BCUT2D eigenvalue weighted by molar-refractivity contribution is 7.91. The minimum atomic E-state index is -4.70. The van der Waals surface area contributed by atoms with Gasteiger partial charge in [0.05, 0.1) is 17.6 Å². The smallest absolute Gasteiger partial charge is 0.341 e. The number of anilines is 1. The van der Waals surface area contributed by atoms with Gasteiger partial charge in [0.15, 0.2) is 0 Å². The van der Waals surface area contributed by atoms with Gasteiger partial charge in [-0.3, -0.25) is 4.79 Å². The number of nitriles is 1. The van der Waals surface area contributed by atoms with Crippen LogP contribution in [0.5, 0.6) is 5.75 Å². The number of rotatable bonds is 8. The maximum absolute atomic E-state index is 12.5. The summed E-state index contributed by atoms with van der Waals surface area (Å²) in [6, 6.07) is 12.9.